The van der Waals surface area contributed by atoms with E-state index in [0.29, 0.717) is 11.1 Å². The molecule has 1 unspecified atom stereocenters. The summed E-state index contributed by atoms with van der Waals surface area (Å²) >= 11 is 0. The highest BCUT2D eigenvalue weighted by Gasteiger charge is 2.60. The standard InChI is InChI=1S/C30H36O11/c1-7-21-8-10-22(11-9-21)12-23-13-24(14-25(35)16(23)2)30(36)29(40-20(6)34)28(39-19(5)33)27(38-18(4)32)26(41-30)15-37-17(3)31/h8-11,13-14,26-29,35-36H,7,12,15H2,1-6H3/t26-,27-,28+,29-,30?/m1/s1/i3D,4D,5D,6D. The van der Waals surface area contributed by atoms with Crippen molar-refractivity contribution in [1.82, 2.24) is 0 Å². The summed E-state index contributed by atoms with van der Waals surface area (Å²) in [5, 5.41) is 23.1. The first-order valence-electron chi connectivity index (χ1n) is 15.4. The van der Waals surface area contributed by atoms with E-state index in [4.69, 9.17) is 29.2 Å². The molecule has 2 aromatic rings. The number of benzene rings is 2. The van der Waals surface area contributed by atoms with E-state index in [2.05, 4.69) is 0 Å². The van der Waals surface area contributed by atoms with Gasteiger partial charge in [-0.3, -0.25) is 19.2 Å². The number of phenolic OH excluding ortho intramolecular Hbond substituents is 1. The van der Waals surface area contributed by atoms with Gasteiger partial charge >= 0.3 is 23.9 Å². The molecule has 0 amide bonds. The number of carbonyl (C=O) groups excluding carboxylic acids is 4. The van der Waals surface area contributed by atoms with Gasteiger partial charge in [0.25, 0.3) is 0 Å². The topological polar surface area (TPSA) is 155 Å². The van der Waals surface area contributed by atoms with Crippen LogP contribution in [-0.4, -0.2) is 65.1 Å². The van der Waals surface area contributed by atoms with Crippen LogP contribution >= 0.6 is 0 Å². The van der Waals surface area contributed by atoms with Gasteiger partial charge in [0.05, 0.1) is 0 Å². The highest BCUT2D eigenvalue weighted by atomic mass is 16.7. The maximum Gasteiger partial charge on any atom is 0.303 e. The van der Waals surface area contributed by atoms with E-state index in [0.717, 1.165) is 23.6 Å². The highest BCUT2D eigenvalue weighted by molar-refractivity contribution is 5.69. The highest BCUT2D eigenvalue weighted by Crippen LogP contribution is 2.43. The quantitative estimate of drug-likeness (QED) is 0.334. The van der Waals surface area contributed by atoms with Crippen molar-refractivity contribution in [1.29, 1.82) is 0 Å². The molecule has 0 aromatic heterocycles. The molecule has 2 aromatic carbocycles. The molecule has 2 N–H and O–H groups in total. The molecular formula is C30H36O11. The molecule has 1 aliphatic rings. The summed E-state index contributed by atoms with van der Waals surface area (Å²) in [6.07, 6.45) is -6.21. The molecule has 1 aliphatic heterocycles. The van der Waals surface area contributed by atoms with Crippen LogP contribution in [-0.2, 0) is 61.5 Å². The van der Waals surface area contributed by atoms with Crippen LogP contribution in [0.5, 0.6) is 5.75 Å². The number of ether oxygens (including phenoxy) is 5. The fraction of sp³-hybridized carbons (Fsp3) is 0.467. The fourth-order valence-corrected chi connectivity index (χ4v) is 4.63. The molecule has 11 nitrogen and oxygen atoms in total. The third kappa shape index (κ3) is 7.62. The first-order valence-corrected chi connectivity index (χ1v) is 12.6. The second-order valence-electron chi connectivity index (χ2n) is 9.48. The van der Waals surface area contributed by atoms with Gasteiger partial charge in [-0.2, -0.15) is 0 Å². The molecule has 41 heavy (non-hydrogen) atoms. The van der Waals surface area contributed by atoms with Crippen LogP contribution in [0.15, 0.2) is 36.4 Å². The lowest BCUT2D eigenvalue weighted by Crippen LogP contribution is -2.66. The summed E-state index contributed by atoms with van der Waals surface area (Å²) in [6.45, 7) is -0.642. The van der Waals surface area contributed by atoms with Crippen molar-refractivity contribution >= 4 is 23.9 Å². The molecule has 0 saturated carbocycles. The van der Waals surface area contributed by atoms with E-state index in [1.165, 1.54) is 6.07 Å². The van der Waals surface area contributed by atoms with Gasteiger partial charge in [0.15, 0.2) is 12.2 Å². The molecule has 0 spiro atoms. The number of aliphatic hydroxyl groups is 1. The Morgan fingerprint density at radius 3 is 2.10 bits per heavy atom. The predicted octanol–water partition coefficient (Wildman–Crippen LogP) is 2.76. The second-order valence-corrected chi connectivity index (χ2v) is 9.48. The molecule has 222 valence electrons. The normalized spacial score (nSPS) is 25.0. The molecule has 5 atom stereocenters. The zero-order valence-electron chi connectivity index (χ0n) is 26.8. The van der Waals surface area contributed by atoms with Crippen LogP contribution in [0.25, 0.3) is 0 Å². The van der Waals surface area contributed by atoms with E-state index in [9.17, 15) is 29.4 Å². The minimum Gasteiger partial charge on any atom is -0.508 e. The maximum atomic E-state index is 12.5. The molecule has 0 radical (unpaired) electrons. The lowest BCUT2D eigenvalue weighted by atomic mass is 9.85. The lowest BCUT2D eigenvalue weighted by Gasteiger charge is -2.48. The van der Waals surface area contributed by atoms with E-state index in [1.807, 2.05) is 31.2 Å². The number of aromatic hydroxyl groups is 1. The van der Waals surface area contributed by atoms with E-state index < -0.39 is 88.3 Å². The molecule has 1 fully saturated rings. The minimum absolute atomic E-state index is 0.192. The third-order valence-electron chi connectivity index (χ3n) is 6.63. The fourth-order valence-electron chi connectivity index (χ4n) is 4.63. The number of hydrogen-bond donors (Lipinski definition) is 2. The molecular weight excluding hydrogens is 536 g/mol. The largest absolute Gasteiger partial charge is 0.508 e. The van der Waals surface area contributed by atoms with Gasteiger partial charge in [-0.05, 0) is 54.2 Å². The molecule has 3 rings (SSSR count). The van der Waals surface area contributed by atoms with E-state index in [-0.39, 0.29) is 17.7 Å². The van der Waals surface area contributed by atoms with Crippen molar-refractivity contribution in [3.05, 3.63) is 64.2 Å². The number of rotatable bonds is 9. The molecule has 11 heteroatoms. The Kier molecular flexibility index (Phi) is 8.32. The van der Waals surface area contributed by atoms with Crippen molar-refractivity contribution < 1.29 is 58.6 Å². The zero-order valence-corrected chi connectivity index (χ0v) is 22.8. The van der Waals surface area contributed by atoms with Gasteiger partial charge < -0.3 is 33.9 Å². The van der Waals surface area contributed by atoms with Crippen molar-refractivity contribution in [3.8, 4) is 5.75 Å². The SMILES string of the molecule is [2H]CC(=O)OC[C@H]1OC(O)(c2cc(O)c(C)c(Cc3ccc(CC)cc3)c2)[C@H](OC(=O)C[2H])[C@@H](OC(=O)C[2H])[C@@H]1OC(=O)C[2H]. The average Bonchev–Trinajstić information content (AvgIpc) is 3.04. The summed E-state index contributed by atoms with van der Waals surface area (Å²) in [4.78, 5) is 49.0. The first kappa shape index (κ1) is 26.0. The number of hydrogen-bond acceptors (Lipinski definition) is 11. The lowest BCUT2D eigenvalue weighted by molar-refractivity contribution is -0.360. The van der Waals surface area contributed by atoms with Gasteiger partial charge in [-0.1, -0.05) is 31.2 Å². The monoisotopic (exact) mass is 576 g/mol. The average molecular weight is 577 g/mol. The predicted molar refractivity (Wildman–Crippen MR) is 144 cm³/mol. The second kappa shape index (κ2) is 13.1. The number of aryl methyl sites for hydroxylation is 1. The molecule has 1 heterocycles. The Morgan fingerprint density at radius 1 is 0.902 bits per heavy atom. The summed E-state index contributed by atoms with van der Waals surface area (Å²) in [6, 6.07) is 10.3. The van der Waals surface area contributed by atoms with Crippen LogP contribution in [0.4, 0.5) is 0 Å². The Morgan fingerprint density at radius 2 is 1.49 bits per heavy atom. The Hall–Kier alpha value is -3.96. The maximum absolute atomic E-state index is 12.5. The smallest absolute Gasteiger partial charge is 0.303 e. The summed E-state index contributed by atoms with van der Waals surface area (Å²) in [5.41, 5.74) is 2.77. The van der Waals surface area contributed by atoms with Gasteiger partial charge in [-0.15, -0.1) is 0 Å². The third-order valence-corrected chi connectivity index (χ3v) is 6.63. The number of phenols is 1. The van der Waals surface area contributed by atoms with Crippen molar-refractivity contribution in [3.63, 3.8) is 0 Å². The van der Waals surface area contributed by atoms with Gasteiger partial charge in [-0.25, -0.2) is 0 Å². The van der Waals surface area contributed by atoms with Crippen LogP contribution in [0.3, 0.4) is 0 Å². The molecule has 1 saturated heterocycles. The summed E-state index contributed by atoms with van der Waals surface area (Å²) < 4.78 is 56.5. The van der Waals surface area contributed by atoms with Crippen LogP contribution in [0.1, 0.15) is 67.8 Å². The van der Waals surface area contributed by atoms with Crippen LogP contribution in [0.2, 0.25) is 0 Å². The van der Waals surface area contributed by atoms with E-state index in [1.54, 1.807) is 6.92 Å². The van der Waals surface area contributed by atoms with Crippen LogP contribution in [0, 0.1) is 6.92 Å². The van der Waals surface area contributed by atoms with Crippen molar-refractivity contribution in [2.45, 2.75) is 84.5 Å². The molecule has 0 aliphatic carbocycles. The minimum atomic E-state index is -2.79. The van der Waals surface area contributed by atoms with E-state index >= 15 is 0 Å². The van der Waals surface area contributed by atoms with Crippen LogP contribution < -0.4 is 0 Å². The van der Waals surface area contributed by atoms with Gasteiger partial charge in [0, 0.05) is 38.6 Å². The number of carbonyl (C=O) groups is 4. The Bertz CT molecular complexity index is 1370. The van der Waals surface area contributed by atoms with Gasteiger partial charge in [0.1, 0.15) is 18.5 Å². The summed E-state index contributed by atoms with van der Waals surface area (Å²) in [5.74, 6) is -7.62. The van der Waals surface area contributed by atoms with Crippen molar-refractivity contribution in [2.75, 3.05) is 6.61 Å². The molecule has 0 bridgehead atoms. The van der Waals surface area contributed by atoms with Crippen molar-refractivity contribution in [2.24, 2.45) is 0 Å². The Balaban J connectivity index is 2.21. The zero-order chi connectivity index (χ0) is 33.3. The van der Waals surface area contributed by atoms with Gasteiger partial charge in [0.2, 0.25) is 11.9 Å². The summed E-state index contributed by atoms with van der Waals surface area (Å²) in [7, 11) is 0. The number of esters is 4. The first-order chi connectivity index (χ1) is 21.4. The Labute approximate surface area is 243 Å².